The normalized spacial score (nSPS) is 18.2. The molecule has 1 aromatic carbocycles. The van der Waals surface area contributed by atoms with Crippen LogP contribution in [0.1, 0.15) is 37.1 Å². The molecule has 23 heavy (non-hydrogen) atoms. The largest absolute Gasteiger partial charge is 0.441 e. The third-order valence-corrected chi connectivity index (χ3v) is 4.54. The van der Waals surface area contributed by atoms with Gasteiger partial charge in [-0.2, -0.15) is 0 Å². The zero-order valence-corrected chi connectivity index (χ0v) is 12.9. The number of halogens is 2. The summed E-state index contributed by atoms with van der Waals surface area (Å²) in [6, 6.07) is 9.85. The summed E-state index contributed by atoms with van der Waals surface area (Å²) in [5.74, 6) is -2.30. The van der Waals surface area contributed by atoms with Gasteiger partial charge in [0.25, 0.3) is 0 Å². The van der Waals surface area contributed by atoms with E-state index in [0.717, 1.165) is 5.56 Å². The van der Waals surface area contributed by atoms with Gasteiger partial charge in [0.15, 0.2) is 5.82 Å². The van der Waals surface area contributed by atoms with E-state index in [1.807, 2.05) is 30.3 Å². The zero-order chi connectivity index (χ0) is 16.3. The number of nitrogens with zero attached hydrogens (tertiary/aromatic N) is 2. The lowest BCUT2D eigenvalue weighted by Crippen LogP contribution is -2.27. The van der Waals surface area contributed by atoms with Crippen molar-refractivity contribution in [2.45, 2.75) is 51.0 Å². The number of aryl methyl sites for hydroxylation is 1. The second kappa shape index (κ2) is 6.64. The second-order valence-electron chi connectivity index (χ2n) is 6.26. The molecular formula is C17H20F2N2O2. The van der Waals surface area contributed by atoms with Crippen LogP contribution in [0.2, 0.25) is 0 Å². The highest BCUT2D eigenvalue weighted by Gasteiger charge is 2.35. The summed E-state index contributed by atoms with van der Waals surface area (Å²) in [4.78, 5) is 11.8. The van der Waals surface area contributed by atoms with Crippen LogP contribution in [0.25, 0.3) is 0 Å². The van der Waals surface area contributed by atoms with Crippen molar-refractivity contribution in [1.29, 1.82) is 0 Å². The Balaban J connectivity index is 1.64. The molecule has 0 N–H and O–H groups in total. The average molecular weight is 322 g/mol. The van der Waals surface area contributed by atoms with Gasteiger partial charge in [-0.25, -0.2) is 13.6 Å². The van der Waals surface area contributed by atoms with Gasteiger partial charge in [0.1, 0.15) is 0 Å². The van der Waals surface area contributed by atoms with Crippen LogP contribution in [-0.4, -0.2) is 15.6 Å². The van der Waals surface area contributed by atoms with Crippen molar-refractivity contribution in [3.05, 3.63) is 52.3 Å². The Hall–Kier alpha value is -1.98. The molecule has 3 rings (SSSR count). The van der Waals surface area contributed by atoms with E-state index in [2.05, 4.69) is 5.16 Å². The lowest BCUT2D eigenvalue weighted by atomic mass is 9.84. The Kier molecular flexibility index (Phi) is 4.59. The Bertz CT molecular complexity index is 684. The summed E-state index contributed by atoms with van der Waals surface area (Å²) >= 11 is 0. The molecule has 0 spiro atoms. The summed E-state index contributed by atoms with van der Waals surface area (Å²) in [5.41, 5.74) is 1.13. The van der Waals surface area contributed by atoms with E-state index in [9.17, 15) is 13.6 Å². The van der Waals surface area contributed by atoms with Gasteiger partial charge in [-0.15, -0.1) is 0 Å². The minimum atomic E-state index is -2.53. The highest BCUT2D eigenvalue weighted by Crippen LogP contribution is 2.37. The molecule has 0 saturated heterocycles. The molecule has 0 bridgehead atoms. The van der Waals surface area contributed by atoms with Crippen molar-refractivity contribution in [2.24, 2.45) is 5.92 Å². The maximum absolute atomic E-state index is 13.2. The van der Waals surface area contributed by atoms with Crippen LogP contribution >= 0.6 is 0 Å². The van der Waals surface area contributed by atoms with Crippen molar-refractivity contribution in [3.63, 3.8) is 0 Å². The van der Waals surface area contributed by atoms with E-state index in [1.54, 1.807) is 0 Å². The van der Waals surface area contributed by atoms with Crippen molar-refractivity contribution in [3.8, 4) is 0 Å². The number of hydrogen-bond donors (Lipinski definition) is 0. The fraction of sp³-hybridized carbons (Fsp3) is 0.529. The Morgan fingerprint density at radius 2 is 1.91 bits per heavy atom. The number of alkyl halides is 2. The van der Waals surface area contributed by atoms with Gasteiger partial charge in [-0.1, -0.05) is 35.5 Å². The highest BCUT2D eigenvalue weighted by atomic mass is 19.3. The van der Waals surface area contributed by atoms with Gasteiger partial charge < -0.3 is 0 Å². The summed E-state index contributed by atoms with van der Waals surface area (Å²) in [6.07, 6.45) is 2.00. The fourth-order valence-corrected chi connectivity index (χ4v) is 3.11. The SMILES string of the molecule is O=c1onc(CC2CCC(F)(F)CC2)n1CCc1ccccc1. The minimum Gasteiger partial charge on any atom is -0.296 e. The van der Waals surface area contributed by atoms with Crippen LogP contribution in [0.3, 0.4) is 0 Å². The molecule has 0 radical (unpaired) electrons. The fourth-order valence-electron chi connectivity index (χ4n) is 3.11. The number of hydrogen-bond acceptors (Lipinski definition) is 3. The lowest BCUT2D eigenvalue weighted by Gasteiger charge is -2.27. The maximum atomic E-state index is 13.2. The standard InChI is InChI=1S/C17H20F2N2O2/c18-17(19)9-6-14(7-10-17)12-15-20-23-16(22)21(15)11-8-13-4-2-1-3-5-13/h1-5,14H,6-12H2. The molecule has 1 saturated carbocycles. The van der Waals surface area contributed by atoms with Gasteiger partial charge >= 0.3 is 5.76 Å². The molecule has 1 aliphatic rings. The Morgan fingerprint density at radius 3 is 2.61 bits per heavy atom. The molecular weight excluding hydrogens is 302 g/mol. The first kappa shape index (κ1) is 15.9. The molecule has 2 aromatic rings. The first-order valence-corrected chi connectivity index (χ1v) is 8.01. The smallest absolute Gasteiger partial charge is 0.296 e. The minimum absolute atomic E-state index is 0.0796. The monoisotopic (exact) mass is 322 g/mol. The molecule has 6 heteroatoms. The molecule has 0 aliphatic heterocycles. The summed E-state index contributed by atoms with van der Waals surface area (Å²) < 4.78 is 32.7. The predicted molar refractivity (Wildman–Crippen MR) is 81.5 cm³/mol. The Labute approximate surface area is 133 Å². The number of aromatic nitrogens is 2. The van der Waals surface area contributed by atoms with Gasteiger partial charge in [0.05, 0.1) is 0 Å². The van der Waals surface area contributed by atoms with Crippen LogP contribution in [-0.2, 0) is 19.4 Å². The van der Waals surface area contributed by atoms with E-state index in [-0.39, 0.29) is 18.8 Å². The van der Waals surface area contributed by atoms with E-state index in [0.29, 0.717) is 38.1 Å². The van der Waals surface area contributed by atoms with Crippen LogP contribution in [0.4, 0.5) is 8.78 Å². The van der Waals surface area contributed by atoms with Crippen molar-refractivity contribution in [1.82, 2.24) is 9.72 Å². The molecule has 0 atom stereocenters. The molecule has 1 aliphatic carbocycles. The summed E-state index contributed by atoms with van der Waals surface area (Å²) in [7, 11) is 0. The van der Waals surface area contributed by atoms with E-state index in [1.165, 1.54) is 4.57 Å². The highest BCUT2D eigenvalue weighted by molar-refractivity contribution is 5.14. The lowest BCUT2D eigenvalue weighted by molar-refractivity contribution is -0.0459. The zero-order valence-electron chi connectivity index (χ0n) is 12.9. The third-order valence-electron chi connectivity index (χ3n) is 4.54. The van der Waals surface area contributed by atoms with Gasteiger partial charge in [-0.05, 0) is 30.7 Å². The quantitative estimate of drug-likeness (QED) is 0.847. The van der Waals surface area contributed by atoms with Crippen LogP contribution in [0, 0.1) is 5.92 Å². The van der Waals surface area contributed by atoms with Crippen molar-refractivity contribution < 1.29 is 13.3 Å². The molecule has 4 nitrogen and oxygen atoms in total. The van der Waals surface area contributed by atoms with E-state index in [4.69, 9.17) is 4.52 Å². The molecule has 0 amide bonds. The van der Waals surface area contributed by atoms with Crippen LogP contribution in [0.15, 0.2) is 39.6 Å². The predicted octanol–water partition coefficient (Wildman–Crippen LogP) is 3.45. The van der Waals surface area contributed by atoms with E-state index < -0.39 is 11.7 Å². The maximum Gasteiger partial charge on any atom is 0.441 e. The molecule has 1 fully saturated rings. The number of benzene rings is 1. The first-order valence-electron chi connectivity index (χ1n) is 8.01. The second-order valence-corrected chi connectivity index (χ2v) is 6.26. The van der Waals surface area contributed by atoms with Gasteiger partial charge in [-0.3, -0.25) is 9.09 Å². The average Bonchev–Trinajstić information content (AvgIpc) is 2.88. The third kappa shape index (κ3) is 4.06. The van der Waals surface area contributed by atoms with Crippen molar-refractivity contribution >= 4 is 0 Å². The Morgan fingerprint density at radius 1 is 1.22 bits per heavy atom. The van der Waals surface area contributed by atoms with Crippen LogP contribution < -0.4 is 5.76 Å². The van der Waals surface area contributed by atoms with E-state index >= 15 is 0 Å². The molecule has 124 valence electrons. The topological polar surface area (TPSA) is 48.0 Å². The van der Waals surface area contributed by atoms with Gasteiger partial charge in [0.2, 0.25) is 5.92 Å². The molecule has 1 heterocycles. The molecule has 1 aromatic heterocycles. The summed E-state index contributed by atoms with van der Waals surface area (Å²) in [5, 5.41) is 3.85. The van der Waals surface area contributed by atoms with Crippen LogP contribution in [0.5, 0.6) is 0 Å². The van der Waals surface area contributed by atoms with Gasteiger partial charge in [0, 0.05) is 25.8 Å². The molecule has 0 unspecified atom stereocenters. The first-order chi connectivity index (χ1) is 11.0. The summed E-state index contributed by atoms with van der Waals surface area (Å²) in [6.45, 7) is 0.491. The number of rotatable bonds is 5. The van der Waals surface area contributed by atoms with Crippen molar-refractivity contribution in [2.75, 3.05) is 0 Å².